The topological polar surface area (TPSA) is 126 Å². The van der Waals surface area contributed by atoms with Gasteiger partial charge in [0.05, 0.1) is 42.0 Å². The Morgan fingerprint density at radius 2 is 2.00 bits per heavy atom. The van der Waals surface area contributed by atoms with Crippen molar-refractivity contribution >= 4 is 34.7 Å². The standard InChI is InChI=1S/C15H16ClN3O6/c1-9(17-18-4-6-25-7-5-18)13(15(21)22)14(20)11-8-10(19(23)24)2-3-12(11)16/h2-3,8,20H,4-7H2,1H3,(H,21,22). The monoisotopic (exact) mass is 369 g/mol. The lowest BCUT2D eigenvalue weighted by atomic mass is 10.0. The average Bonchev–Trinajstić information content (AvgIpc) is 2.55. The van der Waals surface area contributed by atoms with Crippen molar-refractivity contribution in [3.8, 4) is 0 Å². The zero-order valence-electron chi connectivity index (χ0n) is 13.3. The van der Waals surface area contributed by atoms with Crippen LogP contribution in [0, 0.1) is 10.1 Å². The van der Waals surface area contributed by atoms with Crippen molar-refractivity contribution in [2.45, 2.75) is 6.92 Å². The van der Waals surface area contributed by atoms with Gasteiger partial charge in [-0.05, 0) is 13.0 Å². The number of nitro groups is 1. The van der Waals surface area contributed by atoms with Gasteiger partial charge in [0.2, 0.25) is 0 Å². The summed E-state index contributed by atoms with van der Waals surface area (Å²) >= 11 is 5.96. The van der Waals surface area contributed by atoms with E-state index in [4.69, 9.17) is 16.3 Å². The number of carboxylic acids is 1. The molecule has 0 spiro atoms. The maximum absolute atomic E-state index is 11.6. The first-order valence-corrected chi connectivity index (χ1v) is 7.68. The lowest BCUT2D eigenvalue weighted by Gasteiger charge is -2.24. The maximum atomic E-state index is 11.6. The van der Waals surface area contributed by atoms with E-state index in [2.05, 4.69) is 5.10 Å². The van der Waals surface area contributed by atoms with E-state index in [9.17, 15) is 25.1 Å². The van der Waals surface area contributed by atoms with E-state index < -0.39 is 22.2 Å². The highest BCUT2D eigenvalue weighted by Crippen LogP contribution is 2.29. The number of aliphatic hydroxyl groups is 1. The summed E-state index contributed by atoms with van der Waals surface area (Å²) in [6.07, 6.45) is 0. The molecule has 1 heterocycles. The van der Waals surface area contributed by atoms with E-state index in [-0.39, 0.29) is 22.0 Å². The average molecular weight is 370 g/mol. The number of hydrogen-bond acceptors (Lipinski definition) is 7. The molecule has 1 aromatic rings. The Balaban J connectivity index is 2.50. The van der Waals surface area contributed by atoms with Crippen LogP contribution in [0.2, 0.25) is 5.02 Å². The number of nitrogens with zero attached hydrogens (tertiary/aromatic N) is 3. The minimum Gasteiger partial charge on any atom is -0.506 e. The number of hydrazone groups is 1. The Hall–Kier alpha value is -2.65. The third-order valence-electron chi connectivity index (χ3n) is 3.51. The van der Waals surface area contributed by atoms with Crippen molar-refractivity contribution in [1.29, 1.82) is 0 Å². The first-order chi connectivity index (χ1) is 11.8. The summed E-state index contributed by atoms with van der Waals surface area (Å²) in [5, 5.41) is 36.6. The summed E-state index contributed by atoms with van der Waals surface area (Å²) < 4.78 is 5.19. The highest BCUT2D eigenvalue weighted by molar-refractivity contribution is 6.33. The number of carboxylic acid groups (broad SMARTS) is 1. The van der Waals surface area contributed by atoms with Gasteiger partial charge in [0.15, 0.2) is 0 Å². The summed E-state index contributed by atoms with van der Waals surface area (Å²) in [6, 6.07) is 3.40. The van der Waals surface area contributed by atoms with Gasteiger partial charge in [-0.3, -0.25) is 15.1 Å². The number of morpholine rings is 1. The largest absolute Gasteiger partial charge is 0.506 e. The number of hydrogen-bond donors (Lipinski definition) is 2. The molecule has 0 unspecified atom stereocenters. The fourth-order valence-corrected chi connectivity index (χ4v) is 2.49. The number of non-ortho nitro benzene ring substituents is 1. The van der Waals surface area contributed by atoms with Gasteiger partial charge in [0, 0.05) is 17.7 Å². The van der Waals surface area contributed by atoms with Gasteiger partial charge in [-0.2, -0.15) is 5.10 Å². The normalized spacial score (nSPS) is 16.4. The number of benzene rings is 1. The molecule has 2 rings (SSSR count). The molecular weight excluding hydrogens is 354 g/mol. The molecule has 1 fully saturated rings. The zero-order valence-corrected chi connectivity index (χ0v) is 14.1. The van der Waals surface area contributed by atoms with Gasteiger partial charge in [-0.1, -0.05) is 11.6 Å². The molecule has 25 heavy (non-hydrogen) atoms. The number of aliphatic carboxylic acids is 1. The van der Waals surface area contributed by atoms with E-state index >= 15 is 0 Å². The molecular formula is C15H16ClN3O6. The number of halogens is 1. The molecule has 0 radical (unpaired) electrons. The third kappa shape index (κ3) is 4.46. The Labute approximate surface area is 147 Å². The van der Waals surface area contributed by atoms with Gasteiger partial charge in [0.1, 0.15) is 11.3 Å². The van der Waals surface area contributed by atoms with E-state index in [0.29, 0.717) is 26.3 Å². The molecule has 1 saturated heterocycles. The number of carbonyl (C=O) groups is 1. The molecule has 0 aromatic heterocycles. The lowest BCUT2D eigenvalue weighted by molar-refractivity contribution is -0.384. The van der Waals surface area contributed by atoms with Crippen LogP contribution in [-0.4, -0.2) is 58.1 Å². The molecule has 0 aliphatic carbocycles. The minimum atomic E-state index is -1.42. The van der Waals surface area contributed by atoms with Crippen molar-refractivity contribution in [2.24, 2.45) is 5.10 Å². The Morgan fingerprint density at radius 1 is 1.36 bits per heavy atom. The van der Waals surface area contributed by atoms with Crippen LogP contribution in [0.15, 0.2) is 28.9 Å². The van der Waals surface area contributed by atoms with Crippen molar-refractivity contribution in [1.82, 2.24) is 5.01 Å². The van der Waals surface area contributed by atoms with E-state index in [1.165, 1.54) is 13.0 Å². The first-order valence-electron chi connectivity index (χ1n) is 7.30. The van der Waals surface area contributed by atoms with Crippen LogP contribution in [0.1, 0.15) is 12.5 Å². The summed E-state index contributed by atoms with van der Waals surface area (Å²) in [5.41, 5.74) is -0.897. The van der Waals surface area contributed by atoms with Crippen molar-refractivity contribution in [3.63, 3.8) is 0 Å². The van der Waals surface area contributed by atoms with Crippen LogP contribution in [0.3, 0.4) is 0 Å². The number of rotatable bonds is 5. The second kappa shape index (κ2) is 7.95. The Kier molecular flexibility index (Phi) is 5.94. The molecule has 0 amide bonds. The number of ether oxygens (including phenoxy) is 1. The molecule has 2 N–H and O–H groups in total. The summed E-state index contributed by atoms with van der Waals surface area (Å²) in [6.45, 7) is 3.34. The smallest absolute Gasteiger partial charge is 0.341 e. The highest BCUT2D eigenvalue weighted by atomic mass is 35.5. The van der Waals surface area contributed by atoms with Crippen LogP contribution >= 0.6 is 11.6 Å². The number of aliphatic hydroxyl groups excluding tert-OH is 1. The molecule has 1 aliphatic rings. The molecule has 9 nitrogen and oxygen atoms in total. The second-order valence-corrected chi connectivity index (χ2v) is 5.61. The molecule has 1 aromatic carbocycles. The maximum Gasteiger partial charge on any atom is 0.341 e. The molecule has 0 saturated carbocycles. The van der Waals surface area contributed by atoms with Gasteiger partial charge in [-0.15, -0.1) is 0 Å². The SMILES string of the molecule is CC(=NN1CCOCC1)C(C(=O)O)=C(O)c1cc([N+](=O)[O-])ccc1Cl. The first kappa shape index (κ1) is 18.7. The second-order valence-electron chi connectivity index (χ2n) is 5.20. The number of nitro benzene ring substituents is 1. The molecule has 1 aliphatic heterocycles. The van der Waals surface area contributed by atoms with Crippen molar-refractivity contribution in [2.75, 3.05) is 26.3 Å². The highest BCUT2D eigenvalue weighted by Gasteiger charge is 2.23. The van der Waals surface area contributed by atoms with Gasteiger partial charge < -0.3 is 14.9 Å². The van der Waals surface area contributed by atoms with E-state index in [0.717, 1.165) is 12.1 Å². The van der Waals surface area contributed by atoms with E-state index in [1.807, 2.05) is 0 Å². The molecule has 10 heteroatoms. The molecule has 0 atom stereocenters. The summed E-state index contributed by atoms with van der Waals surface area (Å²) in [7, 11) is 0. The van der Waals surface area contributed by atoms with Crippen molar-refractivity contribution < 1.29 is 24.7 Å². The fraction of sp³-hybridized carbons (Fsp3) is 0.333. The fourth-order valence-electron chi connectivity index (χ4n) is 2.29. The van der Waals surface area contributed by atoms with Crippen LogP contribution in [0.4, 0.5) is 5.69 Å². The Morgan fingerprint density at radius 3 is 2.56 bits per heavy atom. The predicted molar refractivity (Wildman–Crippen MR) is 90.8 cm³/mol. The van der Waals surface area contributed by atoms with Crippen LogP contribution < -0.4 is 0 Å². The molecule has 0 bridgehead atoms. The van der Waals surface area contributed by atoms with Crippen LogP contribution in [-0.2, 0) is 9.53 Å². The summed E-state index contributed by atoms with van der Waals surface area (Å²) in [5.74, 6) is -2.11. The quantitative estimate of drug-likeness (QED) is 0.268. The van der Waals surface area contributed by atoms with Crippen LogP contribution in [0.5, 0.6) is 0 Å². The summed E-state index contributed by atoms with van der Waals surface area (Å²) in [4.78, 5) is 21.8. The Bertz CT molecular complexity index is 756. The molecule has 134 valence electrons. The minimum absolute atomic E-state index is 0.0129. The third-order valence-corrected chi connectivity index (χ3v) is 3.84. The lowest BCUT2D eigenvalue weighted by Crippen LogP contribution is -2.33. The zero-order chi connectivity index (χ0) is 18.6. The van der Waals surface area contributed by atoms with E-state index in [1.54, 1.807) is 5.01 Å². The van der Waals surface area contributed by atoms with Gasteiger partial charge in [-0.25, -0.2) is 4.79 Å². The van der Waals surface area contributed by atoms with Gasteiger partial charge in [0.25, 0.3) is 5.69 Å². The van der Waals surface area contributed by atoms with Gasteiger partial charge >= 0.3 is 5.97 Å². The van der Waals surface area contributed by atoms with Crippen LogP contribution in [0.25, 0.3) is 5.76 Å². The predicted octanol–water partition coefficient (Wildman–Crippen LogP) is 2.31. The van der Waals surface area contributed by atoms with Crippen molar-refractivity contribution in [3.05, 3.63) is 44.5 Å².